The van der Waals surface area contributed by atoms with Gasteiger partial charge < -0.3 is 9.64 Å². The summed E-state index contributed by atoms with van der Waals surface area (Å²) in [6, 6.07) is 9.86. The summed E-state index contributed by atoms with van der Waals surface area (Å²) in [6.45, 7) is 5.37. The van der Waals surface area contributed by atoms with Crippen LogP contribution in [0.15, 0.2) is 30.3 Å². The van der Waals surface area contributed by atoms with Crippen molar-refractivity contribution in [3.8, 4) is 0 Å². The van der Waals surface area contributed by atoms with Crippen LogP contribution in [0, 0.1) is 5.92 Å². The third kappa shape index (κ3) is 3.10. The van der Waals surface area contributed by atoms with Crippen LogP contribution in [0.3, 0.4) is 0 Å². The molecule has 3 nitrogen and oxygen atoms in total. The number of amides is 1. The van der Waals surface area contributed by atoms with Gasteiger partial charge in [0.15, 0.2) is 0 Å². The maximum atomic E-state index is 12.3. The molecule has 1 aromatic carbocycles. The Morgan fingerprint density at radius 3 is 2.67 bits per heavy atom. The third-order valence-electron chi connectivity index (χ3n) is 3.24. The molecule has 1 aromatic rings. The third-order valence-corrected chi connectivity index (χ3v) is 3.24. The number of hydrogen-bond donors (Lipinski definition) is 0. The van der Waals surface area contributed by atoms with Gasteiger partial charge in [0.2, 0.25) is 5.91 Å². The van der Waals surface area contributed by atoms with Crippen LogP contribution < -0.4 is 4.90 Å². The predicted molar refractivity (Wildman–Crippen MR) is 72.6 cm³/mol. The minimum Gasteiger partial charge on any atom is -0.376 e. The number of rotatable bonds is 4. The number of ether oxygens (including phenoxy) is 1. The highest BCUT2D eigenvalue weighted by atomic mass is 16.5. The molecule has 0 bridgehead atoms. The summed E-state index contributed by atoms with van der Waals surface area (Å²) in [5.74, 6) is 0.170. The first kappa shape index (κ1) is 13.1. The SMILES string of the molecule is CC(C)C(=O)N(CC1CCCO1)c1ccccc1. The predicted octanol–water partition coefficient (Wildman–Crippen LogP) is 2.85. The Balaban J connectivity index is 2.14. The molecule has 1 aliphatic heterocycles. The van der Waals surface area contributed by atoms with E-state index in [1.165, 1.54) is 0 Å². The molecule has 1 atom stereocenters. The van der Waals surface area contributed by atoms with Gasteiger partial charge in [-0.1, -0.05) is 32.0 Å². The number of benzene rings is 1. The van der Waals surface area contributed by atoms with E-state index < -0.39 is 0 Å². The molecule has 1 fully saturated rings. The molecule has 0 saturated carbocycles. The number of carbonyl (C=O) groups is 1. The number of carbonyl (C=O) groups excluding carboxylic acids is 1. The zero-order valence-electron chi connectivity index (χ0n) is 11.1. The molecule has 0 aromatic heterocycles. The molecule has 1 heterocycles. The molecule has 1 unspecified atom stereocenters. The van der Waals surface area contributed by atoms with E-state index in [-0.39, 0.29) is 17.9 Å². The van der Waals surface area contributed by atoms with Crippen LogP contribution in [0.4, 0.5) is 5.69 Å². The van der Waals surface area contributed by atoms with Crippen molar-refractivity contribution in [1.29, 1.82) is 0 Å². The molecule has 1 amide bonds. The molecular formula is C15H21NO2. The van der Waals surface area contributed by atoms with Gasteiger partial charge in [-0.3, -0.25) is 4.79 Å². The highest BCUT2D eigenvalue weighted by Crippen LogP contribution is 2.20. The summed E-state index contributed by atoms with van der Waals surface area (Å²) < 4.78 is 5.64. The normalized spacial score (nSPS) is 19.2. The topological polar surface area (TPSA) is 29.5 Å². The monoisotopic (exact) mass is 247 g/mol. The Bertz CT molecular complexity index is 383. The number of hydrogen-bond acceptors (Lipinski definition) is 2. The van der Waals surface area contributed by atoms with Crippen LogP contribution in [0.5, 0.6) is 0 Å². The Hall–Kier alpha value is -1.35. The minimum absolute atomic E-state index is 0.00612. The second-order valence-electron chi connectivity index (χ2n) is 5.07. The van der Waals surface area contributed by atoms with Crippen LogP contribution in [0.1, 0.15) is 26.7 Å². The quantitative estimate of drug-likeness (QED) is 0.818. The summed E-state index contributed by atoms with van der Waals surface area (Å²) in [4.78, 5) is 14.2. The van der Waals surface area contributed by atoms with Crippen LogP contribution in [0.2, 0.25) is 0 Å². The average Bonchev–Trinajstić information content (AvgIpc) is 2.89. The Morgan fingerprint density at radius 1 is 1.39 bits per heavy atom. The lowest BCUT2D eigenvalue weighted by Crippen LogP contribution is -2.39. The number of anilines is 1. The standard InChI is InChI=1S/C15H21NO2/c1-12(2)15(17)16(11-14-9-6-10-18-14)13-7-4-3-5-8-13/h3-5,7-8,12,14H,6,9-11H2,1-2H3. The smallest absolute Gasteiger partial charge is 0.229 e. The van der Waals surface area contributed by atoms with Crippen molar-refractivity contribution in [2.75, 3.05) is 18.1 Å². The molecule has 3 heteroatoms. The van der Waals surface area contributed by atoms with Gasteiger partial charge in [0.25, 0.3) is 0 Å². The van der Waals surface area contributed by atoms with Crippen LogP contribution in [-0.4, -0.2) is 25.2 Å². The fourth-order valence-electron chi connectivity index (χ4n) is 2.23. The maximum Gasteiger partial charge on any atom is 0.229 e. The van der Waals surface area contributed by atoms with Crippen molar-refractivity contribution in [2.24, 2.45) is 5.92 Å². The van der Waals surface area contributed by atoms with Gasteiger partial charge in [-0.2, -0.15) is 0 Å². The van der Waals surface area contributed by atoms with Gasteiger partial charge in [0.1, 0.15) is 0 Å². The van der Waals surface area contributed by atoms with Gasteiger partial charge in [0.05, 0.1) is 12.6 Å². The molecule has 98 valence electrons. The summed E-state index contributed by atoms with van der Waals surface area (Å²) in [6.07, 6.45) is 2.34. The van der Waals surface area contributed by atoms with E-state index in [9.17, 15) is 4.79 Å². The second kappa shape index (κ2) is 6.01. The Morgan fingerprint density at radius 2 is 2.11 bits per heavy atom. The summed E-state index contributed by atoms with van der Waals surface area (Å²) in [5, 5.41) is 0. The molecular weight excluding hydrogens is 226 g/mol. The lowest BCUT2D eigenvalue weighted by atomic mass is 10.1. The number of nitrogens with zero attached hydrogens (tertiary/aromatic N) is 1. The van der Waals surface area contributed by atoms with Crippen molar-refractivity contribution in [3.63, 3.8) is 0 Å². The lowest BCUT2D eigenvalue weighted by Gasteiger charge is -2.27. The van der Waals surface area contributed by atoms with Crippen molar-refractivity contribution in [3.05, 3.63) is 30.3 Å². The van der Waals surface area contributed by atoms with E-state index >= 15 is 0 Å². The molecule has 1 aliphatic rings. The second-order valence-corrected chi connectivity index (χ2v) is 5.07. The van der Waals surface area contributed by atoms with Crippen LogP contribution >= 0.6 is 0 Å². The van der Waals surface area contributed by atoms with Gasteiger partial charge in [-0.25, -0.2) is 0 Å². The molecule has 1 saturated heterocycles. The fourth-order valence-corrected chi connectivity index (χ4v) is 2.23. The van der Waals surface area contributed by atoms with Gasteiger partial charge in [-0.15, -0.1) is 0 Å². The van der Waals surface area contributed by atoms with E-state index in [2.05, 4.69) is 0 Å². The number of para-hydroxylation sites is 1. The van der Waals surface area contributed by atoms with Gasteiger partial charge >= 0.3 is 0 Å². The first-order valence-electron chi connectivity index (χ1n) is 6.66. The molecule has 0 spiro atoms. The fraction of sp³-hybridized carbons (Fsp3) is 0.533. The first-order chi connectivity index (χ1) is 8.68. The Labute approximate surface area is 109 Å². The summed E-state index contributed by atoms with van der Waals surface area (Å²) in [5.41, 5.74) is 0.965. The van der Waals surface area contributed by atoms with E-state index in [1.54, 1.807) is 0 Å². The maximum absolute atomic E-state index is 12.3. The van der Waals surface area contributed by atoms with E-state index in [1.807, 2.05) is 49.1 Å². The highest BCUT2D eigenvalue weighted by Gasteiger charge is 2.24. The van der Waals surface area contributed by atoms with Crippen LogP contribution in [-0.2, 0) is 9.53 Å². The van der Waals surface area contributed by atoms with E-state index in [0.29, 0.717) is 6.54 Å². The van der Waals surface area contributed by atoms with Crippen molar-refractivity contribution in [1.82, 2.24) is 0 Å². The largest absolute Gasteiger partial charge is 0.376 e. The molecule has 2 rings (SSSR count). The molecule has 0 aliphatic carbocycles. The minimum atomic E-state index is 0.00612. The Kier molecular flexibility index (Phi) is 4.37. The average molecular weight is 247 g/mol. The van der Waals surface area contributed by atoms with Crippen molar-refractivity contribution >= 4 is 11.6 Å². The first-order valence-corrected chi connectivity index (χ1v) is 6.66. The zero-order chi connectivity index (χ0) is 13.0. The van der Waals surface area contributed by atoms with Gasteiger partial charge in [-0.05, 0) is 25.0 Å². The summed E-state index contributed by atoms with van der Waals surface area (Å²) >= 11 is 0. The zero-order valence-corrected chi connectivity index (χ0v) is 11.1. The lowest BCUT2D eigenvalue weighted by molar-refractivity contribution is -0.121. The van der Waals surface area contributed by atoms with Crippen molar-refractivity contribution < 1.29 is 9.53 Å². The van der Waals surface area contributed by atoms with Crippen molar-refractivity contribution in [2.45, 2.75) is 32.8 Å². The molecule has 0 N–H and O–H groups in total. The van der Waals surface area contributed by atoms with E-state index in [4.69, 9.17) is 4.74 Å². The molecule has 0 radical (unpaired) electrons. The summed E-state index contributed by atoms with van der Waals surface area (Å²) in [7, 11) is 0. The molecule has 18 heavy (non-hydrogen) atoms. The van der Waals surface area contributed by atoms with Gasteiger partial charge in [0, 0.05) is 18.2 Å². The van der Waals surface area contributed by atoms with E-state index in [0.717, 1.165) is 25.1 Å². The highest BCUT2D eigenvalue weighted by molar-refractivity contribution is 5.94. The van der Waals surface area contributed by atoms with Crippen LogP contribution in [0.25, 0.3) is 0 Å².